The normalized spacial score (nSPS) is 22.5. The molecule has 2 amide bonds. The van der Waals surface area contributed by atoms with Crippen molar-refractivity contribution in [1.82, 2.24) is 20.2 Å². The maximum Gasteiger partial charge on any atom is 0.332 e. The van der Waals surface area contributed by atoms with Crippen LogP contribution in [-0.2, 0) is 11.3 Å². The Morgan fingerprint density at radius 2 is 1.79 bits per heavy atom. The maximum atomic E-state index is 12.3. The zero-order chi connectivity index (χ0) is 16.9. The van der Waals surface area contributed by atoms with Gasteiger partial charge in [0, 0.05) is 39.3 Å². The molecule has 0 radical (unpaired) electrons. The molecular weight excluding hydrogens is 308 g/mol. The van der Waals surface area contributed by atoms with Gasteiger partial charge in [0.2, 0.25) is 0 Å². The number of carboxylic acids is 1. The van der Waals surface area contributed by atoms with Gasteiger partial charge in [0.25, 0.3) is 0 Å². The average Bonchev–Trinajstić information content (AvgIpc) is 3.08. The Morgan fingerprint density at radius 1 is 1.08 bits per heavy atom. The van der Waals surface area contributed by atoms with E-state index in [2.05, 4.69) is 22.5 Å². The summed E-state index contributed by atoms with van der Waals surface area (Å²) in [5.74, 6) is -0.921. The van der Waals surface area contributed by atoms with Gasteiger partial charge in [0.1, 0.15) is 6.04 Å². The monoisotopic (exact) mass is 332 g/mol. The van der Waals surface area contributed by atoms with E-state index in [1.165, 1.54) is 10.5 Å². The van der Waals surface area contributed by atoms with Crippen molar-refractivity contribution < 1.29 is 14.7 Å². The van der Waals surface area contributed by atoms with Crippen molar-refractivity contribution in [3.8, 4) is 0 Å². The van der Waals surface area contributed by atoms with Crippen molar-refractivity contribution in [2.45, 2.75) is 25.4 Å². The van der Waals surface area contributed by atoms with Crippen molar-refractivity contribution in [3.05, 3.63) is 35.9 Å². The van der Waals surface area contributed by atoms with Crippen LogP contribution >= 0.6 is 0 Å². The number of hydrazine groups is 1. The van der Waals surface area contributed by atoms with E-state index in [-0.39, 0.29) is 6.03 Å². The summed E-state index contributed by atoms with van der Waals surface area (Å²) in [6.07, 6.45) is 1.28. The lowest BCUT2D eigenvalue weighted by atomic mass is 10.2. The molecule has 24 heavy (non-hydrogen) atoms. The molecule has 1 aromatic carbocycles. The molecule has 130 valence electrons. The van der Waals surface area contributed by atoms with Crippen molar-refractivity contribution in [2.75, 3.05) is 32.7 Å². The standard InChI is InChI=1S/C17H24N4O3/c22-16(23)15-7-4-8-21(15)17(24)18-20-11-9-19(10-12-20)13-14-5-2-1-3-6-14/h1-3,5-6,15H,4,7-13H2,(H,18,24)(H,22,23)/t15-/m0/s1. The number of urea groups is 1. The van der Waals surface area contributed by atoms with Crippen LogP contribution in [0, 0.1) is 0 Å². The van der Waals surface area contributed by atoms with Gasteiger partial charge in [0.15, 0.2) is 0 Å². The minimum Gasteiger partial charge on any atom is -0.480 e. The van der Waals surface area contributed by atoms with Crippen molar-refractivity contribution in [3.63, 3.8) is 0 Å². The molecule has 7 nitrogen and oxygen atoms in total. The molecule has 2 aliphatic heterocycles. The molecule has 2 saturated heterocycles. The molecule has 0 aromatic heterocycles. The van der Waals surface area contributed by atoms with Crippen LogP contribution in [0.2, 0.25) is 0 Å². The van der Waals surface area contributed by atoms with E-state index in [1.54, 1.807) is 0 Å². The topological polar surface area (TPSA) is 76.1 Å². The smallest absolute Gasteiger partial charge is 0.332 e. The first-order valence-corrected chi connectivity index (χ1v) is 8.45. The Kier molecular flexibility index (Phi) is 5.32. The maximum absolute atomic E-state index is 12.3. The molecule has 0 unspecified atom stereocenters. The third-order valence-corrected chi connectivity index (χ3v) is 4.67. The van der Waals surface area contributed by atoms with Gasteiger partial charge in [-0.2, -0.15) is 0 Å². The van der Waals surface area contributed by atoms with Crippen LogP contribution < -0.4 is 5.43 Å². The summed E-state index contributed by atoms with van der Waals surface area (Å²) in [7, 11) is 0. The third-order valence-electron chi connectivity index (χ3n) is 4.67. The Morgan fingerprint density at radius 3 is 2.46 bits per heavy atom. The number of carbonyl (C=O) groups excluding carboxylic acids is 1. The number of piperazine rings is 1. The van der Waals surface area contributed by atoms with E-state index >= 15 is 0 Å². The number of carbonyl (C=O) groups is 2. The van der Waals surface area contributed by atoms with Gasteiger partial charge in [0.05, 0.1) is 0 Å². The van der Waals surface area contributed by atoms with Crippen LogP contribution in [-0.4, -0.2) is 70.7 Å². The number of benzene rings is 1. The summed E-state index contributed by atoms with van der Waals surface area (Å²) in [6.45, 7) is 4.65. The van der Waals surface area contributed by atoms with Gasteiger partial charge in [-0.05, 0) is 18.4 Å². The largest absolute Gasteiger partial charge is 0.480 e. The zero-order valence-corrected chi connectivity index (χ0v) is 13.7. The first-order valence-electron chi connectivity index (χ1n) is 8.45. The van der Waals surface area contributed by atoms with Gasteiger partial charge in [-0.1, -0.05) is 30.3 Å². The summed E-state index contributed by atoms with van der Waals surface area (Å²) < 4.78 is 0. The van der Waals surface area contributed by atoms with Gasteiger partial charge in [-0.3, -0.25) is 10.3 Å². The van der Waals surface area contributed by atoms with Gasteiger partial charge >= 0.3 is 12.0 Å². The Hall–Kier alpha value is -2.12. The van der Waals surface area contributed by atoms with E-state index < -0.39 is 12.0 Å². The number of rotatable bonds is 4. The lowest BCUT2D eigenvalue weighted by molar-refractivity contribution is -0.141. The van der Waals surface area contributed by atoms with Crippen molar-refractivity contribution in [2.24, 2.45) is 0 Å². The highest BCUT2D eigenvalue weighted by Crippen LogP contribution is 2.17. The number of nitrogens with zero attached hydrogens (tertiary/aromatic N) is 3. The molecule has 0 spiro atoms. The molecular formula is C17H24N4O3. The SMILES string of the molecule is O=C(O)[C@@H]1CCCN1C(=O)NN1CCN(Cc2ccccc2)CC1. The van der Waals surface area contributed by atoms with Gasteiger partial charge in [-0.25, -0.2) is 14.6 Å². The summed E-state index contributed by atoms with van der Waals surface area (Å²) >= 11 is 0. The second kappa shape index (κ2) is 7.63. The minimum atomic E-state index is -0.921. The molecule has 1 atom stereocenters. The fraction of sp³-hybridized carbons (Fsp3) is 0.529. The Balaban J connectivity index is 1.45. The number of likely N-dealkylation sites (tertiary alicyclic amines) is 1. The molecule has 0 aliphatic carbocycles. The number of aliphatic carboxylic acids is 1. The molecule has 3 rings (SSSR count). The summed E-state index contributed by atoms with van der Waals surface area (Å²) in [5.41, 5.74) is 4.15. The highest BCUT2D eigenvalue weighted by atomic mass is 16.4. The van der Waals surface area contributed by atoms with Crippen LogP contribution in [0.25, 0.3) is 0 Å². The van der Waals surface area contributed by atoms with Crippen LogP contribution in [0.1, 0.15) is 18.4 Å². The number of hydrogen-bond donors (Lipinski definition) is 2. The minimum absolute atomic E-state index is 0.295. The molecule has 7 heteroatoms. The lowest BCUT2D eigenvalue weighted by Gasteiger charge is -2.35. The Bertz CT molecular complexity index is 572. The fourth-order valence-electron chi connectivity index (χ4n) is 3.33. The molecule has 0 saturated carbocycles. The molecule has 2 fully saturated rings. The molecule has 2 aliphatic rings. The van der Waals surface area contributed by atoms with Crippen LogP contribution in [0.15, 0.2) is 30.3 Å². The van der Waals surface area contributed by atoms with Crippen molar-refractivity contribution >= 4 is 12.0 Å². The van der Waals surface area contributed by atoms with E-state index in [9.17, 15) is 14.7 Å². The van der Waals surface area contributed by atoms with Gasteiger partial charge in [-0.15, -0.1) is 0 Å². The fourth-order valence-corrected chi connectivity index (χ4v) is 3.33. The highest BCUT2D eigenvalue weighted by molar-refractivity contribution is 5.83. The van der Waals surface area contributed by atoms with Crippen LogP contribution in [0.3, 0.4) is 0 Å². The second-order valence-electron chi connectivity index (χ2n) is 6.36. The predicted molar refractivity (Wildman–Crippen MR) is 89.2 cm³/mol. The summed E-state index contributed by atoms with van der Waals surface area (Å²) in [6, 6.07) is 9.35. The van der Waals surface area contributed by atoms with E-state index in [1.807, 2.05) is 23.2 Å². The first-order chi connectivity index (χ1) is 11.6. The van der Waals surface area contributed by atoms with E-state index in [4.69, 9.17) is 0 Å². The first kappa shape index (κ1) is 16.7. The number of nitrogens with one attached hydrogen (secondary N) is 1. The number of amides is 2. The molecule has 1 aromatic rings. The number of hydrogen-bond acceptors (Lipinski definition) is 4. The highest BCUT2D eigenvalue weighted by Gasteiger charge is 2.34. The zero-order valence-electron chi connectivity index (χ0n) is 13.7. The lowest BCUT2D eigenvalue weighted by Crippen LogP contribution is -2.57. The third kappa shape index (κ3) is 4.04. The molecule has 2 heterocycles. The molecule has 2 N–H and O–H groups in total. The van der Waals surface area contributed by atoms with Gasteiger partial charge < -0.3 is 10.0 Å². The predicted octanol–water partition coefficient (Wildman–Crippen LogP) is 0.978. The van der Waals surface area contributed by atoms with E-state index in [0.29, 0.717) is 13.0 Å². The average molecular weight is 332 g/mol. The second-order valence-corrected chi connectivity index (χ2v) is 6.36. The Labute approximate surface area is 141 Å². The summed E-state index contributed by atoms with van der Waals surface area (Å²) in [5, 5.41) is 11.1. The van der Waals surface area contributed by atoms with E-state index in [0.717, 1.165) is 39.1 Å². The van der Waals surface area contributed by atoms with Crippen molar-refractivity contribution in [1.29, 1.82) is 0 Å². The van der Waals surface area contributed by atoms with Crippen LogP contribution in [0.4, 0.5) is 4.79 Å². The summed E-state index contributed by atoms with van der Waals surface area (Å²) in [4.78, 5) is 27.3. The quantitative estimate of drug-likeness (QED) is 0.859. The van der Waals surface area contributed by atoms with Crippen LogP contribution in [0.5, 0.6) is 0 Å². The molecule has 0 bridgehead atoms. The number of carboxylic acid groups (broad SMARTS) is 1.